The summed E-state index contributed by atoms with van der Waals surface area (Å²) in [6.45, 7) is 2.97. The Balaban J connectivity index is 1.85. The van der Waals surface area contributed by atoms with Gasteiger partial charge in [0.15, 0.2) is 5.76 Å². The molecule has 2 heterocycles. The number of nitrogens with zero attached hydrogens (tertiary/aromatic N) is 2. The Bertz CT molecular complexity index is 682. The quantitative estimate of drug-likeness (QED) is 0.810. The van der Waals surface area contributed by atoms with E-state index in [4.69, 9.17) is 27.7 Å². The molecule has 104 valence electrons. The van der Waals surface area contributed by atoms with E-state index in [2.05, 4.69) is 5.16 Å². The van der Waals surface area contributed by atoms with Gasteiger partial charge in [-0.05, 0) is 31.5 Å². The molecule has 0 fully saturated rings. The summed E-state index contributed by atoms with van der Waals surface area (Å²) in [7, 11) is 0. The van der Waals surface area contributed by atoms with Gasteiger partial charge in [0, 0.05) is 17.1 Å². The van der Waals surface area contributed by atoms with Crippen LogP contribution in [0.3, 0.4) is 0 Å². The monoisotopic (exact) mass is 310 g/mol. The normalized spacial score (nSPS) is 14.2. The molecule has 1 aliphatic rings. The van der Waals surface area contributed by atoms with Crippen molar-refractivity contribution in [3.8, 4) is 0 Å². The van der Waals surface area contributed by atoms with E-state index in [0.717, 1.165) is 23.4 Å². The Labute approximate surface area is 126 Å². The molecule has 0 N–H and O–H groups in total. The molecular weight excluding hydrogens is 299 g/mol. The minimum Gasteiger partial charge on any atom is -0.359 e. The topological polar surface area (TPSA) is 46.3 Å². The molecule has 0 saturated heterocycles. The first-order chi connectivity index (χ1) is 9.56. The first-order valence-electron chi connectivity index (χ1n) is 6.24. The molecular formula is C14H12Cl2N2O2. The van der Waals surface area contributed by atoms with E-state index < -0.39 is 0 Å². The maximum absolute atomic E-state index is 12.5. The fourth-order valence-corrected chi connectivity index (χ4v) is 2.88. The van der Waals surface area contributed by atoms with E-state index in [9.17, 15) is 4.79 Å². The van der Waals surface area contributed by atoms with E-state index in [1.54, 1.807) is 23.1 Å². The van der Waals surface area contributed by atoms with Gasteiger partial charge in [-0.15, -0.1) is 0 Å². The Morgan fingerprint density at radius 3 is 2.95 bits per heavy atom. The Kier molecular flexibility index (Phi) is 3.44. The van der Waals surface area contributed by atoms with Crippen LogP contribution in [0, 0.1) is 6.92 Å². The van der Waals surface area contributed by atoms with Gasteiger partial charge in [-0.1, -0.05) is 28.4 Å². The van der Waals surface area contributed by atoms with Gasteiger partial charge in [-0.3, -0.25) is 4.79 Å². The minimum absolute atomic E-state index is 0.119. The number of halogens is 2. The van der Waals surface area contributed by atoms with Crippen LogP contribution in [0.4, 0.5) is 0 Å². The molecule has 0 unspecified atom stereocenters. The van der Waals surface area contributed by atoms with Crippen LogP contribution in [0.1, 0.15) is 27.4 Å². The minimum atomic E-state index is -0.119. The zero-order valence-electron chi connectivity index (χ0n) is 10.8. The zero-order chi connectivity index (χ0) is 14.3. The third-order valence-electron chi connectivity index (χ3n) is 3.48. The summed E-state index contributed by atoms with van der Waals surface area (Å²) in [4.78, 5) is 14.2. The summed E-state index contributed by atoms with van der Waals surface area (Å²) < 4.78 is 5.25. The van der Waals surface area contributed by atoms with Crippen molar-refractivity contribution in [1.29, 1.82) is 0 Å². The van der Waals surface area contributed by atoms with Crippen molar-refractivity contribution < 1.29 is 9.32 Å². The Morgan fingerprint density at radius 1 is 1.40 bits per heavy atom. The molecule has 3 rings (SSSR count). The van der Waals surface area contributed by atoms with Crippen LogP contribution in [0.25, 0.3) is 0 Å². The molecule has 0 atom stereocenters. The number of hydrogen-bond donors (Lipinski definition) is 0. The molecule has 0 bridgehead atoms. The number of aromatic nitrogens is 1. The lowest BCUT2D eigenvalue weighted by Gasteiger charge is -2.26. The van der Waals surface area contributed by atoms with Crippen LogP contribution in [0.2, 0.25) is 10.0 Å². The molecule has 4 nitrogen and oxygen atoms in total. The van der Waals surface area contributed by atoms with Gasteiger partial charge in [0.05, 0.1) is 22.8 Å². The van der Waals surface area contributed by atoms with Gasteiger partial charge in [-0.2, -0.15) is 0 Å². The van der Waals surface area contributed by atoms with Crippen LogP contribution in [0.15, 0.2) is 22.7 Å². The lowest BCUT2D eigenvalue weighted by molar-refractivity contribution is 0.0716. The lowest BCUT2D eigenvalue weighted by atomic mass is 10.0. The summed E-state index contributed by atoms with van der Waals surface area (Å²) in [5.41, 5.74) is 2.46. The van der Waals surface area contributed by atoms with E-state index >= 15 is 0 Å². The highest BCUT2D eigenvalue weighted by Crippen LogP contribution is 2.26. The van der Waals surface area contributed by atoms with Crippen molar-refractivity contribution in [1.82, 2.24) is 10.1 Å². The van der Waals surface area contributed by atoms with Gasteiger partial charge < -0.3 is 9.42 Å². The average molecular weight is 311 g/mol. The third-order valence-corrected chi connectivity index (χ3v) is 4.03. The summed E-state index contributed by atoms with van der Waals surface area (Å²) in [5, 5.41) is 4.81. The van der Waals surface area contributed by atoms with Crippen molar-refractivity contribution in [3.63, 3.8) is 0 Å². The van der Waals surface area contributed by atoms with Gasteiger partial charge in [-0.25, -0.2) is 0 Å². The summed E-state index contributed by atoms with van der Waals surface area (Å²) in [5.74, 6) is 0.638. The average Bonchev–Trinajstić information content (AvgIpc) is 2.79. The molecule has 0 saturated carbocycles. The Hall–Kier alpha value is -1.52. The number of hydrogen-bond acceptors (Lipinski definition) is 3. The van der Waals surface area contributed by atoms with Crippen LogP contribution in [-0.2, 0) is 13.0 Å². The molecule has 20 heavy (non-hydrogen) atoms. The van der Waals surface area contributed by atoms with Crippen LogP contribution in [0.5, 0.6) is 0 Å². The zero-order valence-corrected chi connectivity index (χ0v) is 12.3. The highest BCUT2D eigenvalue weighted by atomic mass is 35.5. The number of carbonyl (C=O) groups excluding carboxylic acids is 1. The lowest BCUT2D eigenvalue weighted by Crippen LogP contribution is -2.35. The van der Waals surface area contributed by atoms with E-state index in [-0.39, 0.29) is 5.91 Å². The molecule has 1 aliphatic heterocycles. The SMILES string of the molecule is Cc1noc2c1CCN(C(=O)c1ccc(Cl)cc1Cl)C2. The summed E-state index contributed by atoms with van der Waals surface area (Å²) in [6, 6.07) is 4.88. The van der Waals surface area contributed by atoms with Crippen molar-refractivity contribution in [2.45, 2.75) is 19.9 Å². The second kappa shape index (κ2) is 5.11. The second-order valence-corrected chi connectivity index (χ2v) is 5.61. The van der Waals surface area contributed by atoms with Crippen LogP contribution < -0.4 is 0 Å². The van der Waals surface area contributed by atoms with Crippen LogP contribution >= 0.6 is 23.2 Å². The van der Waals surface area contributed by atoms with E-state index in [1.165, 1.54) is 0 Å². The largest absolute Gasteiger partial charge is 0.359 e. The predicted molar refractivity (Wildman–Crippen MR) is 76.1 cm³/mol. The van der Waals surface area contributed by atoms with Gasteiger partial charge in [0.1, 0.15) is 0 Å². The standard InChI is InChI=1S/C14H12Cl2N2O2/c1-8-10-4-5-18(7-13(10)20-17-8)14(19)11-3-2-9(15)6-12(11)16/h2-3,6H,4-5,7H2,1H3. The summed E-state index contributed by atoms with van der Waals surface area (Å²) in [6.07, 6.45) is 0.752. The molecule has 1 aromatic carbocycles. The van der Waals surface area contributed by atoms with Gasteiger partial charge >= 0.3 is 0 Å². The van der Waals surface area contributed by atoms with Crippen molar-refractivity contribution in [2.24, 2.45) is 0 Å². The maximum atomic E-state index is 12.5. The molecule has 1 aromatic heterocycles. The van der Waals surface area contributed by atoms with E-state index in [1.807, 2.05) is 6.92 Å². The first kappa shape index (κ1) is 13.5. The fraction of sp³-hybridized carbons (Fsp3) is 0.286. The number of carbonyl (C=O) groups is 1. The van der Waals surface area contributed by atoms with Crippen molar-refractivity contribution in [2.75, 3.05) is 6.54 Å². The Morgan fingerprint density at radius 2 is 2.20 bits per heavy atom. The van der Waals surface area contributed by atoms with Crippen molar-refractivity contribution in [3.05, 3.63) is 50.8 Å². The molecule has 2 aromatic rings. The second-order valence-electron chi connectivity index (χ2n) is 4.77. The highest BCUT2D eigenvalue weighted by Gasteiger charge is 2.27. The van der Waals surface area contributed by atoms with Gasteiger partial charge in [0.2, 0.25) is 0 Å². The molecule has 6 heteroatoms. The fourth-order valence-electron chi connectivity index (χ4n) is 2.39. The molecule has 0 spiro atoms. The number of benzene rings is 1. The predicted octanol–water partition coefficient (Wildman–Crippen LogP) is 3.49. The number of rotatable bonds is 1. The number of amides is 1. The first-order valence-corrected chi connectivity index (χ1v) is 7.00. The molecule has 0 aliphatic carbocycles. The summed E-state index contributed by atoms with van der Waals surface area (Å²) >= 11 is 11.9. The van der Waals surface area contributed by atoms with Gasteiger partial charge in [0.25, 0.3) is 5.91 Å². The third kappa shape index (κ3) is 2.30. The molecule has 1 amide bonds. The number of aryl methyl sites for hydroxylation is 1. The van der Waals surface area contributed by atoms with Crippen molar-refractivity contribution >= 4 is 29.1 Å². The smallest absolute Gasteiger partial charge is 0.255 e. The van der Waals surface area contributed by atoms with Crippen LogP contribution in [-0.4, -0.2) is 22.5 Å². The maximum Gasteiger partial charge on any atom is 0.255 e. The van der Waals surface area contributed by atoms with E-state index in [0.29, 0.717) is 28.7 Å². The number of fused-ring (bicyclic) bond motifs is 1. The highest BCUT2D eigenvalue weighted by molar-refractivity contribution is 6.36. The molecule has 0 radical (unpaired) electrons.